The van der Waals surface area contributed by atoms with E-state index < -0.39 is 0 Å². The number of amides is 1. The molecule has 0 spiro atoms. The van der Waals surface area contributed by atoms with Crippen LogP contribution in [0.5, 0.6) is 5.88 Å². The van der Waals surface area contributed by atoms with Crippen molar-refractivity contribution in [3.63, 3.8) is 0 Å². The van der Waals surface area contributed by atoms with Gasteiger partial charge in [-0.3, -0.25) is 4.79 Å². The van der Waals surface area contributed by atoms with E-state index in [1.807, 2.05) is 37.9 Å². The molecule has 1 aliphatic heterocycles. The van der Waals surface area contributed by atoms with Crippen LogP contribution in [0.1, 0.15) is 46.3 Å². The fraction of sp³-hybridized carbons (Fsp3) is 0.471. The van der Waals surface area contributed by atoms with Crippen LogP contribution in [0.3, 0.4) is 0 Å². The monoisotopic (exact) mass is 314 g/mol. The molecule has 6 nitrogen and oxygen atoms in total. The zero-order valence-corrected chi connectivity index (χ0v) is 14.0. The Labute approximate surface area is 136 Å². The maximum Gasteiger partial charge on any atom is 0.272 e. The lowest BCUT2D eigenvalue weighted by molar-refractivity contribution is 0.0727. The molecular formula is C17H22N4O2. The number of ether oxygens (including phenoxy) is 1. The summed E-state index contributed by atoms with van der Waals surface area (Å²) in [7, 11) is 3.50. The van der Waals surface area contributed by atoms with Crippen LogP contribution < -0.4 is 4.74 Å². The number of hydrogen-bond donors (Lipinski definition) is 0. The molecule has 0 bridgehead atoms. The summed E-state index contributed by atoms with van der Waals surface area (Å²) in [6, 6.07) is 5.54. The molecule has 2 aromatic heterocycles. The van der Waals surface area contributed by atoms with Gasteiger partial charge >= 0.3 is 0 Å². The molecule has 6 heteroatoms. The van der Waals surface area contributed by atoms with Crippen molar-refractivity contribution in [2.45, 2.75) is 32.7 Å². The molecule has 0 aromatic carbocycles. The van der Waals surface area contributed by atoms with Crippen LogP contribution in [0, 0.1) is 13.8 Å². The normalized spacial score (nSPS) is 17.6. The second-order valence-corrected chi connectivity index (χ2v) is 5.95. The summed E-state index contributed by atoms with van der Waals surface area (Å²) in [6.07, 6.45) is 1.89. The molecule has 1 unspecified atom stereocenters. The second-order valence-electron chi connectivity index (χ2n) is 5.95. The molecule has 23 heavy (non-hydrogen) atoms. The van der Waals surface area contributed by atoms with Crippen molar-refractivity contribution in [3.05, 3.63) is 40.8 Å². The minimum Gasteiger partial charge on any atom is -0.481 e. The first kappa shape index (κ1) is 15.5. The van der Waals surface area contributed by atoms with Crippen molar-refractivity contribution in [2.75, 3.05) is 13.7 Å². The molecule has 0 aliphatic carbocycles. The molecule has 0 saturated carbocycles. The van der Waals surface area contributed by atoms with Gasteiger partial charge in [0.05, 0.1) is 24.4 Å². The number of methoxy groups -OCH3 is 1. The number of aryl methyl sites for hydroxylation is 3. The van der Waals surface area contributed by atoms with E-state index >= 15 is 0 Å². The fourth-order valence-electron chi connectivity index (χ4n) is 3.40. The van der Waals surface area contributed by atoms with Crippen LogP contribution in [0.2, 0.25) is 0 Å². The smallest absolute Gasteiger partial charge is 0.272 e. The van der Waals surface area contributed by atoms with Crippen molar-refractivity contribution in [1.29, 1.82) is 0 Å². The number of rotatable bonds is 3. The average Bonchev–Trinajstić information content (AvgIpc) is 3.09. The summed E-state index contributed by atoms with van der Waals surface area (Å²) in [5.74, 6) is 0.700. The van der Waals surface area contributed by atoms with Gasteiger partial charge in [0.25, 0.3) is 5.91 Å². The first-order valence-corrected chi connectivity index (χ1v) is 7.85. The standard InChI is InChI=1S/C17H22N4O2/c1-11-7-5-8-13(18-11)16(22)21-10-6-9-14(21)15-12(2)19-20(3)17(15)23-4/h5,7-8,14H,6,9-10H2,1-4H3. The maximum absolute atomic E-state index is 12.9. The largest absolute Gasteiger partial charge is 0.481 e. The molecule has 0 radical (unpaired) electrons. The van der Waals surface area contributed by atoms with E-state index in [-0.39, 0.29) is 11.9 Å². The molecule has 1 fully saturated rings. The lowest BCUT2D eigenvalue weighted by Crippen LogP contribution is -2.31. The SMILES string of the molecule is COc1c(C2CCCN2C(=O)c2cccc(C)n2)c(C)nn1C. The van der Waals surface area contributed by atoms with Gasteiger partial charge in [0.15, 0.2) is 0 Å². The fourth-order valence-corrected chi connectivity index (χ4v) is 3.40. The van der Waals surface area contributed by atoms with E-state index in [2.05, 4.69) is 10.1 Å². The van der Waals surface area contributed by atoms with Gasteiger partial charge in [0.2, 0.25) is 5.88 Å². The van der Waals surface area contributed by atoms with E-state index in [0.29, 0.717) is 5.69 Å². The molecule has 122 valence electrons. The maximum atomic E-state index is 12.9. The lowest BCUT2D eigenvalue weighted by atomic mass is 10.0. The summed E-state index contributed by atoms with van der Waals surface area (Å²) in [4.78, 5) is 19.2. The highest BCUT2D eigenvalue weighted by atomic mass is 16.5. The molecule has 3 rings (SSSR count). The third-order valence-electron chi connectivity index (χ3n) is 4.36. The third kappa shape index (κ3) is 2.69. The quantitative estimate of drug-likeness (QED) is 0.873. The molecule has 1 aliphatic rings. The Morgan fingerprint density at radius 1 is 1.35 bits per heavy atom. The number of carbonyl (C=O) groups is 1. The van der Waals surface area contributed by atoms with Gasteiger partial charge in [-0.2, -0.15) is 5.10 Å². The van der Waals surface area contributed by atoms with Gasteiger partial charge in [0, 0.05) is 19.3 Å². The van der Waals surface area contributed by atoms with Crippen molar-refractivity contribution < 1.29 is 9.53 Å². The van der Waals surface area contributed by atoms with Gasteiger partial charge in [-0.15, -0.1) is 0 Å². The van der Waals surface area contributed by atoms with Gasteiger partial charge in [-0.25, -0.2) is 9.67 Å². The molecule has 1 saturated heterocycles. The Morgan fingerprint density at radius 2 is 2.13 bits per heavy atom. The Kier molecular flexibility index (Phi) is 4.07. The zero-order valence-electron chi connectivity index (χ0n) is 14.0. The highest BCUT2D eigenvalue weighted by molar-refractivity contribution is 5.92. The minimum absolute atomic E-state index is 0.00605. The highest BCUT2D eigenvalue weighted by Crippen LogP contribution is 2.39. The van der Waals surface area contributed by atoms with Crippen molar-refractivity contribution in [2.24, 2.45) is 7.05 Å². The first-order chi connectivity index (χ1) is 11.0. The van der Waals surface area contributed by atoms with E-state index in [1.54, 1.807) is 17.9 Å². The number of pyridine rings is 1. The zero-order chi connectivity index (χ0) is 16.6. The predicted octanol–water partition coefficient (Wildman–Crippen LogP) is 2.42. The van der Waals surface area contributed by atoms with Crippen LogP contribution in [-0.4, -0.2) is 39.2 Å². The molecule has 1 amide bonds. The Bertz CT molecular complexity index is 738. The number of hydrogen-bond acceptors (Lipinski definition) is 4. The van der Waals surface area contributed by atoms with E-state index in [0.717, 1.165) is 42.2 Å². The average molecular weight is 314 g/mol. The Hall–Kier alpha value is -2.37. The van der Waals surface area contributed by atoms with Crippen LogP contribution in [0.4, 0.5) is 0 Å². The van der Waals surface area contributed by atoms with Crippen LogP contribution >= 0.6 is 0 Å². The van der Waals surface area contributed by atoms with Crippen molar-refractivity contribution >= 4 is 5.91 Å². The van der Waals surface area contributed by atoms with E-state index in [1.165, 1.54) is 0 Å². The van der Waals surface area contributed by atoms with Crippen LogP contribution in [-0.2, 0) is 7.05 Å². The number of nitrogens with zero attached hydrogens (tertiary/aromatic N) is 4. The lowest BCUT2D eigenvalue weighted by Gasteiger charge is -2.25. The minimum atomic E-state index is -0.0264. The summed E-state index contributed by atoms with van der Waals surface area (Å²) in [6.45, 7) is 4.59. The third-order valence-corrected chi connectivity index (χ3v) is 4.36. The van der Waals surface area contributed by atoms with Gasteiger partial charge in [-0.1, -0.05) is 6.07 Å². The van der Waals surface area contributed by atoms with Gasteiger partial charge < -0.3 is 9.64 Å². The summed E-state index contributed by atoms with van der Waals surface area (Å²) in [5, 5.41) is 4.45. The number of carbonyl (C=O) groups excluding carboxylic acids is 1. The van der Waals surface area contributed by atoms with Gasteiger partial charge in [-0.05, 0) is 38.8 Å². The number of likely N-dealkylation sites (tertiary alicyclic amines) is 1. The number of aromatic nitrogens is 3. The molecule has 1 atom stereocenters. The highest BCUT2D eigenvalue weighted by Gasteiger charge is 2.35. The first-order valence-electron chi connectivity index (χ1n) is 7.85. The van der Waals surface area contributed by atoms with Crippen molar-refractivity contribution in [3.8, 4) is 5.88 Å². The predicted molar refractivity (Wildman–Crippen MR) is 86.5 cm³/mol. The molecule has 3 heterocycles. The van der Waals surface area contributed by atoms with Crippen LogP contribution in [0.15, 0.2) is 18.2 Å². The van der Waals surface area contributed by atoms with Crippen molar-refractivity contribution in [1.82, 2.24) is 19.7 Å². The molecule has 2 aromatic rings. The summed E-state index contributed by atoms with van der Waals surface area (Å²) >= 11 is 0. The Balaban J connectivity index is 1.96. The second kappa shape index (κ2) is 6.02. The van der Waals surface area contributed by atoms with E-state index in [4.69, 9.17) is 4.74 Å². The van der Waals surface area contributed by atoms with Crippen LogP contribution in [0.25, 0.3) is 0 Å². The van der Waals surface area contributed by atoms with E-state index in [9.17, 15) is 4.79 Å². The van der Waals surface area contributed by atoms with Gasteiger partial charge in [0.1, 0.15) is 5.69 Å². The summed E-state index contributed by atoms with van der Waals surface area (Å²) in [5.41, 5.74) is 3.26. The topological polar surface area (TPSA) is 60.2 Å². The molecule has 0 N–H and O–H groups in total. The summed E-state index contributed by atoms with van der Waals surface area (Å²) < 4.78 is 7.24. The Morgan fingerprint density at radius 3 is 2.83 bits per heavy atom. The molecular weight excluding hydrogens is 292 g/mol.